The van der Waals surface area contributed by atoms with E-state index >= 15 is 4.79 Å². The smallest absolute Gasteiger partial charge is 0.200 e. The summed E-state index contributed by atoms with van der Waals surface area (Å²) in [5.74, 6) is -1.93. The first-order valence-electron chi connectivity index (χ1n) is 33.9. The summed E-state index contributed by atoms with van der Waals surface area (Å²) in [5.41, 5.74) is 12.6. The van der Waals surface area contributed by atoms with Gasteiger partial charge in [-0.25, -0.2) is 0 Å². The van der Waals surface area contributed by atoms with Crippen LogP contribution in [-0.4, -0.2) is 70.1 Å². The number of phenols is 6. The second-order valence-corrected chi connectivity index (χ2v) is 29.7. The molecule has 14 atom stereocenters. The number of aromatic nitrogens is 1. The molecule has 0 radical (unpaired) electrons. The van der Waals surface area contributed by atoms with Gasteiger partial charge in [0.15, 0.2) is 23.0 Å². The summed E-state index contributed by atoms with van der Waals surface area (Å²) in [6, 6.07) is 30.3. The van der Waals surface area contributed by atoms with E-state index in [4.69, 9.17) is 15.2 Å². The van der Waals surface area contributed by atoms with Crippen molar-refractivity contribution in [3.63, 3.8) is 0 Å². The van der Waals surface area contributed by atoms with Gasteiger partial charge in [-0.2, -0.15) is 0 Å². The van der Waals surface area contributed by atoms with Crippen LogP contribution in [0.3, 0.4) is 0 Å². The molecule has 15 rings (SSSR count). The van der Waals surface area contributed by atoms with Gasteiger partial charge < -0.3 is 55.3 Å². The number of nitrogens with two attached hydrogens (primary N) is 1. The molecule has 1 aromatic heterocycles. The molecule has 0 unspecified atom stereocenters. The first-order valence-corrected chi connectivity index (χ1v) is 33.9. The summed E-state index contributed by atoms with van der Waals surface area (Å²) in [5, 5.41) is 95.5. The van der Waals surface area contributed by atoms with Gasteiger partial charge in [0.05, 0.1) is 11.7 Å². The Hall–Kier alpha value is -6.67. The van der Waals surface area contributed by atoms with E-state index in [1.54, 1.807) is 42.5 Å². The number of benzene rings is 5. The number of ether oxygens (including phenoxy) is 2. The van der Waals surface area contributed by atoms with Crippen LogP contribution >= 0.6 is 0 Å². The number of carbonyl (C=O) groups is 1. The lowest BCUT2D eigenvalue weighted by Gasteiger charge is -2.56. The molecule has 9 aliphatic rings. The van der Waals surface area contributed by atoms with E-state index in [0.717, 1.165) is 124 Å². The van der Waals surface area contributed by atoms with Crippen molar-refractivity contribution in [2.45, 2.75) is 196 Å². The largest absolute Gasteiger partial charge is 0.508 e. The van der Waals surface area contributed by atoms with Crippen LogP contribution in [0.25, 0.3) is 11.3 Å². The number of fused-ring (bicyclic) bond motifs is 9. The topological polar surface area (TPSA) is 239 Å². The van der Waals surface area contributed by atoms with Crippen LogP contribution in [0.5, 0.6) is 46.0 Å². The number of H-pyrrole nitrogens is 1. The van der Waals surface area contributed by atoms with Gasteiger partial charge in [-0.3, -0.25) is 10.5 Å². The minimum atomic E-state index is -1.14. The highest BCUT2D eigenvalue weighted by Crippen LogP contribution is 2.78. The number of Topliss-reactive ketones (excluding diaryl/α,β-unsaturated/α-hetero) is 1. The minimum absolute atomic E-state index is 0.0274. The Kier molecular flexibility index (Phi) is 15.6. The Morgan fingerprint density at radius 3 is 2.39 bits per heavy atom. The van der Waals surface area contributed by atoms with Crippen molar-refractivity contribution in [3.05, 3.63) is 142 Å². The third-order valence-electron chi connectivity index (χ3n) is 24.8. The van der Waals surface area contributed by atoms with Crippen molar-refractivity contribution in [2.75, 3.05) is 6.73 Å². The predicted octanol–water partition coefficient (Wildman–Crippen LogP) is 14.7. The molecule has 9 aliphatic carbocycles. The molecule has 89 heavy (non-hydrogen) atoms. The van der Waals surface area contributed by atoms with Gasteiger partial charge in [-0.15, -0.1) is 0 Å². The zero-order chi connectivity index (χ0) is 61.7. The number of aromatic hydroxyl groups is 6. The number of rotatable bonds is 18. The third-order valence-corrected chi connectivity index (χ3v) is 24.8. The van der Waals surface area contributed by atoms with Crippen molar-refractivity contribution < 1.29 is 55.1 Å². The Morgan fingerprint density at radius 2 is 1.60 bits per heavy atom. The van der Waals surface area contributed by atoms with E-state index in [2.05, 4.69) is 55.4 Å². The second kappa shape index (κ2) is 23.2. The fourth-order valence-corrected chi connectivity index (χ4v) is 21.0. The average molecular weight is 1210 g/mol. The van der Waals surface area contributed by atoms with Gasteiger partial charge in [-0.05, 0) is 244 Å². The van der Waals surface area contributed by atoms with Crippen LogP contribution in [-0.2, 0) is 28.7 Å². The first-order chi connectivity index (χ1) is 42.9. The molecule has 1 heterocycles. The Labute approximate surface area is 523 Å². The lowest BCUT2D eigenvalue weighted by atomic mass is 9.47. The van der Waals surface area contributed by atoms with Gasteiger partial charge in [0.1, 0.15) is 35.4 Å². The van der Waals surface area contributed by atoms with Crippen molar-refractivity contribution >= 4 is 5.78 Å². The highest BCUT2D eigenvalue weighted by molar-refractivity contribution is 5.82. The Balaban J connectivity index is 0.958. The Morgan fingerprint density at radius 1 is 0.775 bits per heavy atom. The zero-order valence-electron chi connectivity index (χ0n) is 51.9. The third kappa shape index (κ3) is 10.2. The van der Waals surface area contributed by atoms with Crippen LogP contribution in [0.1, 0.15) is 199 Å². The number of hydrogen-bond acceptors (Lipinski definition) is 12. The predicted molar refractivity (Wildman–Crippen MR) is 341 cm³/mol. The van der Waals surface area contributed by atoms with Crippen LogP contribution in [0.2, 0.25) is 0 Å². The maximum atomic E-state index is 15.6. The molecular formula is C76H92N2O11. The van der Waals surface area contributed by atoms with E-state index in [1.807, 2.05) is 18.2 Å². The number of aryl methyl sites for hydroxylation is 1. The van der Waals surface area contributed by atoms with E-state index in [0.29, 0.717) is 55.9 Å². The van der Waals surface area contributed by atoms with E-state index in [9.17, 15) is 40.9 Å². The molecule has 0 amide bonds. The Bertz CT molecular complexity index is 3630. The summed E-state index contributed by atoms with van der Waals surface area (Å²) in [4.78, 5) is 19.3. The van der Waals surface area contributed by atoms with Gasteiger partial charge in [0.25, 0.3) is 0 Å². The molecule has 0 saturated heterocycles. The van der Waals surface area contributed by atoms with Crippen molar-refractivity contribution in [3.8, 4) is 57.3 Å². The molecule has 13 nitrogen and oxygen atoms in total. The normalized spacial score (nSPS) is 32.1. The monoisotopic (exact) mass is 1210 g/mol. The maximum absolute atomic E-state index is 15.6. The first kappa shape index (κ1) is 59.9. The molecule has 13 heteroatoms. The fourth-order valence-electron chi connectivity index (χ4n) is 21.0. The standard InChI is InChI=1S/C76H92N2O11/c1-43(2)14-18-49-10-8-27-76(49,50-9-7-11-51(79)38-50)89-71-65-48-36-55-47(34-46-17-19-52(80)39-62(46)83)35-56(60(81)20-15-44-16-21-61(82)64(33-44)88-42-77)69(85)67(55)66(57(65)40-63(84)70(71)86)59(37-48)75-31-30-73(28-22-45(41-73)23-29-74(87)25-5-6-26-74)72(75)54-24-32-78-68(54)53-12-3-4-13-58(53)75/h3-4,7,9,11-13,16-17,19,21,24,32-33,38-40,43,45,47-49,55-56,59,66-67,69,72,78-80,82-87H,5-6,8,10,14-15,18,20,22-23,25-31,34-37,41-42,77H2,1-2H3/t45-,47+,48+,49+,55-,56+,59+,66+,67-,69+,72-,73-,75+,76-/m1/s1. The SMILES string of the molecule is CC(C)CC[C@@H]1CCC[C@]1(Oc1c(O)c(O)cc2c1[C@H]1C[C@@H]3[C@@H](Cc4ccc(O)cc4O)C[C@@H](C(=O)CCc4ccc(O)c(OCN)c4)[C@H](O)[C@H]3[C@@H]2[C@@H]([C@@]23CC[C@@]4(CC[C@H](CCC5(O)CCCC5)C4)[C@H]2c2cc[nH]c2-c2ccccc23)C1)c1cccc(O)c1. The number of aromatic amines is 1. The molecule has 5 aromatic carbocycles. The highest BCUT2D eigenvalue weighted by Gasteiger charge is 2.69. The van der Waals surface area contributed by atoms with Gasteiger partial charge in [0, 0.05) is 58.7 Å². The number of aliphatic hydroxyl groups excluding tert-OH is 1. The van der Waals surface area contributed by atoms with Crippen LogP contribution in [0.4, 0.5) is 0 Å². The zero-order valence-corrected chi connectivity index (χ0v) is 51.9. The number of carbonyl (C=O) groups excluding carboxylic acids is 1. The summed E-state index contributed by atoms with van der Waals surface area (Å²) < 4.78 is 13.4. The maximum Gasteiger partial charge on any atom is 0.200 e. The summed E-state index contributed by atoms with van der Waals surface area (Å²) >= 11 is 0. The summed E-state index contributed by atoms with van der Waals surface area (Å²) in [6.07, 6.45) is 18.5. The minimum Gasteiger partial charge on any atom is -0.508 e. The summed E-state index contributed by atoms with van der Waals surface area (Å²) in [6.45, 7) is 4.33. The lowest BCUT2D eigenvalue weighted by Crippen LogP contribution is -2.53. The van der Waals surface area contributed by atoms with Gasteiger partial charge in [0.2, 0.25) is 5.75 Å². The van der Waals surface area contributed by atoms with Crippen molar-refractivity contribution in [1.82, 2.24) is 4.98 Å². The molecular weight excluding hydrogens is 1120 g/mol. The summed E-state index contributed by atoms with van der Waals surface area (Å²) in [7, 11) is 0. The van der Waals surface area contributed by atoms with E-state index < -0.39 is 40.5 Å². The molecule has 1 spiro atoms. The molecule has 0 aliphatic heterocycles. The van der Waals surface area contributed by atoms with Crippen LogP contribution in [0, 0.1) is 52.8 Å². The number of aliphatic hydroxyl groups is 2. The second-order valence-electron chi connectivity index (χ2n) is 29.7. The van der Waals surface area contributed by atoms with Gasteiger partial charge in [-0.1, -0.05) is 81.6 Å². The molecule has 6 fully saturated rings. The number of nitrogens with one attached hydrogen (secondary N) is 1. The van der Waals surface area contributed by atoms with Crippen molar-refractivity contribution in [2.24, 2.45) is 58.5 Å². The number of ketones is 1. The molecule has 472 valence electrons. The lowest BCUT2D eigenvalue weighted by molar-refractivity contribution is -0.136. The van der Waals surface area contributed by atoms with Crippen molar-refractivity contribution in [1.29, 1.82) is 0 Å². The van der Waals surface area contributed by atoms with E-state index in [-0.39, 0.29) is 106 Å². The molecule has 6 aromatic rings. The quantitative estimate of drug-likeness (QED) is 0.0286. The highest BCUT2D eigenvalue weighted by atomic mass is 16.5. The molecule has 2 bridgehead atoms. The fraction of sp³-hybridized carbons (Fsp3) is 0.539. The molecule has 11 N–H and O–H groups in total. The number of phenolic OH excluding ortho intramolecular Hbond substituents is 6. The van der Waals surface area contributed by atoms with Crippen LogP contribution in [0.15, 0.2) is 103 Å². The van der Waals surface area contributed by atoms with E-state index in [1.165, 1.54) is 22.8 Å². The van der Waals surface area contributed by atoms with Gasteiger partial charge >= 0.3 is 0 Å². The average Bonchev–Trinajstić information content (AvgIpc) is 1.64. The van der Waals surface area contributed by atoms with Crippen LogP contribution < -0.4 is 15.2 Å². The molecule has 6 saturated carbocycles. The number of hydrogen-bond donors (Lipinski definition) is 10.